The molecule has 0 aromatic heterocycles. The Morgan fingerprint density at radius 1 is 1.07 bits per heavy atom. The smallest absolute Gasteiger partial charge is 0.337 e. The van der Waals surface area contributed by atoms with Crippen molar-refractivity contribution in [2.75, 3.05) is 34.4 Å². The molecule has 0 radical (unpaired) electrons. The normalized spacial score (nSPS) is 16.6. The number of ketones is 1. The molecule has 1 saturated heterocycles. The number of aryl methyl sites for hydroxylation is 1. The van der Waals surface area contributed by atoms with Crippen LogP contribution in [0.4, 0.5) is 0 Å². The van der Waals surface area contributed by atoms with Crippen LogP contribution < -0.4 is 0 Å². The second-order valence-electron chi connectivity index (χ2n) is 6.91. The summed E-state index contributed by atoms with van der Waals surface area (Å²) < 4.78 is 9.73. The third-order valence-electron chi connectivity index (χ3n) is 5.25. The van der Waals surface area contributed by atoms with E-state index in [1.54, 1.807) is 30.4 Å². The van der Waals surface area contributed by atoms with E-state index in [1.165, 1.54) is 14.2 Å². The Morgan fingerprint density at radius 3 is 2.30 bits per heavy atom. The monoisotopic (exact) mass is 377 g/mol. The summed E-state index contributed by atoms with van der Waals surface area (Å²) >= 11 is 0. The molecule has 27 heavy (non-hydrogen) atoms. The lowest BCUT2D eigenvalue weighted by molar-refractivity contribution is -0.179. The van der Waals surface area contributed by atoms with Crippen LogP contribution in [0.25, 0.3) is 0 Å². The molecule has 1 aromatic rings. The van der Waals surface area contributed by atoms with E-state index >= 15 is 0 Å². The van der Waals surface area contributed by atoms with Crippen LogP contribution in [0, 0.1) is 12.3 Å². The van der Waals surface area contributed by atoms with Crippen molar-refractivity contribution >= 4 is 17.7 Å². The van der Waals surface area contributed by atoms with Gasteiger partial charge in [0.2, 0.25) is 0 Å². The van der Waals surface area contributed by atoms with E-state index in [0.29, 0.717) is 31.5 Å². The molecule has 148 valence electrons. The van der Waals surface area contributed by atoms with E-state index in [2.05, 4.69) is 0 Å². The van der Waals surface area contributed by atoms with Crippen molar-refractivity contribution in [1.29, 1.82) is 0 Å². The first-order valence-electron chi connectivity index (χ1n) is 8.92. The van der Waals surface area contributed by atoms with Gasteiger partial charge in [0, 0.05) is 25.9 Å². The zero-order valence-electron chi connectivity index (χ0n) is 16.4. The van der Waals surface area contributed by atoms with Crippen LogP contribution >= 0.6 is 0 Å². The average molecular weight is 377 g/mol. The Balaban J connectivity index is 2.15. The Labute approximate surface area is 159 Å². The minimum Gasteiger partial charge on any atom is -0.469 e. The summed E-state index contributed by atoms with van der Waals surface area (Å²) in [7, 11) is 4.26. The third kappa shape index (κ3) is 4.93. The first-order chi connectivity index (χ1) is 12.8. The van der Waals surface area contributed by atoms with E-state index in [9.17, 15) is 14.4 Å². The Kier molecular flexibility index (Phi) is 7.10. The number of carbonyl (C=O) groups is 3. The number of esters is 2. The van der Waals surface area contributed by atoms with Gasteiger partial charge in [0.15, 0.2) is 0 Å². The fourth-order valence-electron chi connectivity index (χ4n) is 3.53. The van der Waals surface area contributed by atoms with Crippen molar-refractivity contribution in [3.63, 3.8) is 0 Å². The number of benzene rings is 1. The van der Waals surface area contributed by atoms with Gasteiger partial charge in [0.1, 0.15) is 5.78 Å². The van der Waals surface area contributed by atoms with Crippen LogP contribution in [0.3, 0.4) is 0 Å². The lowest BCUT2D eigenvalue weighted by Gasteiger charge is -2.38. The van der Waals surface area contributed by atoms with E-state index in [0.717, 1.165) is 11.1 Å². The Morgan fingerprint density at radius 2 is 1.74 bits per heavy atom. The lowest BCUT2D eigenvalue weighted by Crippen LogP contribution is -2.45. The predicted octanol–water partition coefficient (Wildman–Crippen LogP) is 2.10. The van der Waals surface area contributed by atoms with E-state index in [-0.39, 0.29) is 24.6 Å². The van der Waals surface area contributed by atoms with Gasteiger partial charge in [0.05, 0.1) is 32.3 Å². The lowest BCUT2D eigenvalue weighted by atomic mass is 9.74. The quantitative estimate of drug-likeness (QED) is 0.673. The minimum absolute atomic E-state index is 0.0589. The number of hydrogen-bond donors (Lipinski definition) is 0. The van der Waals surface area contributed by atoms with Crippen molar-refractivity contribution in [1.82, 2.24) is 5.06 Å². The van der Waals surface area contributed by atoms with Gasteiger partial charge in [-0.1, -0.05) is 6.07 Å². The van der Waals surface area contributed by atoms with Gasteiger partial charge in [-0.15, -0.1) is 0 Å². The molecule has 1 aromatic carbocycles. The van der Waals surface area contributed by atoms with Gasteiger partial charge in [-0.3, -0.25) is 9.59 Å². The van der Waals surface area contributed by atoms with E-state index in [4.69, 9.17) is 14.3 Å². The summed E-state index contributed by atoms with van der Waals surface area (Å²) in [5.41, 5.74) is 1.26. The molecule has 0 saturated carbocycles. The molecule has 7 nitrogen and oxygen atoms in total. The molecule has 1 aliphatic heterocycles. The highest BCUT2D eigenvalue weighted by molar-refractivity contribution is 5.91. The number of hydrogen-bond acceptors (Lipinski definition) is 7. The van der Waals surface area contributed by atoms with Gasteiger partial charge in [-0.05, 0) is 43.0 Å². The first-order valence-corrected chi connectivity index (χ1v) is 8.92. The van der Waals surface area contributed by atoms with Gasteiger partial charge < -0.3 is 14.3 Å². The number of carbonyl (C=O) groups excluding carboxylic acids is 3. The van der Waals surface area contributed by atoms with Crippen LogP contribution in [-0.2, 0) is 30.3 Å². The molecule has 1 heterocycles. The van der Waals surface area contributed by atoms with Crippen molar-refractivity contribution in [2.24, 2.45) is 5.41 Å². The summed E-state index contributed by atoms with van der Waals surface area (Å²) in [6.45, 7) is 3.02. The van der Waals surface area contributed by atoms with Crippen molar-refractivity contribution in [3.8, 4) is 0 Å². The third-order valence-corrected chi connectivity index (χ3v) is 5.25. The summed E-state index contributed by atoms with van der Waals surface area (Å²) in [5, 5.41) is 1.77. The van der Waals surface area contributed by atoms with Crippen LogP contribution in [0.2, 0.25) is 0 Å². The number of piperidine rings is 1. The van der Waals surface area contributed by atoms with Crippen LogP contribution in [0.5, 0.6) is 0 Å². The molecule has 0 N–H and O–H groups in total. The highest BCUT2D eigenvalue weighted by Gasteiger charge is 2.44. The fraction of sp³-hybridized carbons (Fsp3) is 0.550. The summed E-state index contributed by atoms with van der Waals surface area (Å²) in [6.07, 6.45) is 1.27. The van der Waals surface area contributed by atoms with Crippen molar-refractivity contribution in [2.45, 2.75) is 32.6 Å². The molecule has 1 fully saturated rings. The molecule has 0 atom stereocenters. The molecule has 7 heteroatoms. The first kappa shape index (κ1) is 21.1. The van der Waals surface area contributed by atoms with E-state index < -0.39 is 11.4 Å². The number of nitrogens with zero attached hydrogens (tertiary/aromatic N) is 1. The topological polar surface area (TPSA) is 82.1 Å². The maximum absolute atomic E-state index is 12.8. The van der Waals surface area contributed by atoms with Gasteiger partial charge >= 0.3 is 11.9 Å². The maximum atomic E-state index is 12.8. The van der Waals surface area contributed by atoms with Crippen molar-refractivity contribution in [3.05, 3.63) is 34.9 Å². The fourth-order valence-corrected chi connectivity index (χ4v) is 3.53. The largest absolute Gasteiger partial charge is 0.469 e. The minimum atomic E-state index is -0.825. The maximum Gasteiger partial charge on any atom is 0.337 e. The van der Waals surface area contributed by atoms with Gasteiger partial charge in [0.25, 0.3) is 0 Å². The molecule has 0 spiro atoms. The Hall–Kier alpha value is -2.25. The summed E-state index contributed by atoms with van der Waals surface area (Å²) in [5.74, 6) is -0.857. The molecule has 0 aliphatic carbocycles. The predicted molar refractivity (Wildman–Crippen MR) is 98.1 cm³/mol. The number of ether oxygens (including phenoxy) is 2. The Bertz CT molecular complexity index is 706. The molecule has 0 amide bonds. The molecule has 1 aliphatic rings. The van der Waals surface area contributed by atoms with Gasteiger partial charge in [-0.25, -0.2) is 4.79 Å². The molecular weight excluding hydrogens is 350 g/mol. The highest BCUT2D eigenvalue weighted by atomic mass is 16.7. The van der Waals surface area contributed by atoms with Crippen LogP contribution in [-0.4, -0.2) is 57.2 Å². The number of Topliss-reactive ketones (excluding diaryl/α,β-unsaturated/α-hetero) is 1. The number of hydroxylamine groups is 2. The molecule has 0 bridgehead atoms. The molecule has 0 unspecified atom stereocenters. The standard InChI is InChI=1S/C20H27NO6/c1-14-5-6-15(18(23)25-2)11-16(14)12-17(22)13-20(19(24)26-3)7-9-21(27-4)10-8-20/h5-6,11H,7-10,12-13H2,1-4H3. The zero-order valence-corrected chi connectivity index (χ0v) is 16.4. The second-order valence-corrected chi connectivity index (χ2v) is 6.91. The summed E-state index contributed by atoms with van der Waals surface area (Å²) in [6, 6.07) is 5.14. The van der Waals surface area contributed by atoms with Crippen molar-refractivity contribution < 1.29 is 28.7 Å². The van der Waals surface area contributed by atoms with Crippen LogP contribution in [0.1, 0.15) is 40.7 Å². The molecular formula is C20H27NO6. The summed E-state index contributed by atoms with van der Waals surface area (Å²) in [4.78, 5) is 42.2. The number of methoxy groups -OCH3 is 2. The van der Waals surface area contributed by atoms with Crippen LogP contribution in [0.15, 0.2) is 18.2 Å². The zero-order chi connectivity index (χ0) is 20.0. The average Bonchev–Trinajstić information content (AvgIpc) is 2.68. The van der Waals surface area contributed by atoms with Gasteiger partial charge in [-0.2, -0.15) is 5.06 Å². The molecule has 2 rings (SSSR count). The van der Waals surface area contributed by atoms with E-state index in [1.807, 2.05) is 6.92 Å². The number of rotatable bonds is 7. The SMILES string of the molecule is COC(=O)c1ccc(C)c(CC(=O)CC2(C(=O)OC)CCN(OC)CC2)c1. The second kappa shape index (κ2) is 9.10. The highest BCUT2D eigenvalue weighted by Crippen LogP contribution is 2.37.